The van der Waals surface area contributed by atoms with Gasteiger partial charge in [-0.05, 0) is 69.2 Å². The van der Waals surface area contributed by atoms with E-state index in [1.807, 2.05) is 19.9 Å². The number of rotatable bonds is 5. The van der Waals surface area contributed by atoms with E-state index in [0.29, 0.717) is 49.7 Å². The van der Waals surface area contributed by atoms with Gasteiger partial charge in [-0.25, -0.2) is 9.18 Å². The fourth-order valence-corrected chi connectivity index (χ4v) is 4.20. The Morgan fingerprint density at radius 3 is 2.50 bits per heavy atom. The van der Waals surface area contributed by atoms with Crippen molar-refractivity contribution >= 4 is 34.2 Å². The lowest BCUT2D eigenvalue weighted by atomic mass is 9.98. The molecule has 0 aliphatic carbocycles. The standard InChI is InChI=1S/C27H23ClFNO4/c1-13-9-19(16(4)30-23-8-7-18(28)12-20(23)27(32)33)26-21(10-13)24(31)15(3)25(34-26)17-6-5-14(2)22(29)11-17/h5-12,16,30H,1-4H3,(H,32,33). The summed E-state index contributed by atoms with van der Waals surface area (Å²) in [6, 6.07) is 12.5. The molecule has 1 atom stereocenters. The number of nitrogens with one attached hydrogen (secondary N) is 1. The lowest BCUT2D eigenvalue weighted by Crippen LogP contribution is -2.14. The Kier molecular flexibility index (Phi) is 6.19. The van der Waals surface area contributed by atoms with Gasteiger partial charge in [0.2, 0.25) is 0 Å². The number of benzene rings is 3. The number of carbonyl (C=O) groups is 1. The third-order valence-corrected chi connectivity index (χ3v) is 6.11. The monoisotopic (exact) mass is 479 g/mol. The van der Waals surface area contributed by atoms with E-state index in [-0.39, 0.29) is 16.8 Å². The Hall–Kier alpha value is -3.64. The van der Waals surface area contributed by atoms with Gasteiger partial charge in [0.1, 0.15) is 17.2 Å². The van der Waals surface area contributed by atoms with Gasteiger partial charge in [-0.1, -0.05) is 29.8 Å². The molecule has 5 nitrogen and oxygen atoms in total. The number of halogens is 2. The summed E-state index contributed by atoms with van der Waals surface area (Å²) < 4.78 is 20.5. The van der Waals surface area contributed by atoms with Crippen molar-refractivity contribution in [3.63, 3.8) is 0 Å². The third-order valence-electron chi connectivity index (χ3n) is 5.88. The molecule has 3 aromatic carbocycles. The summed E-state index contributed by atoms with van der Waals surface area (Å²) in [6.07, 6.45) is 0. The second-order valence-corrected chi connectivity index (χ2v) is 8.88. The van der Waals surface area contributed by atoms with Crippen LogP contribution in [0.2, 0.25) is 5.02 Å². The number of aryl methyl sites for hydroxylation is 2. The summed E-state index contributed by atoms with van der Waals surface area (Å²) in [4.78, 5) is 25.0. The molecule has 34 heavy (non-hydrogen) atoms. The first-order valence-corrected chi connectivity index (χ1v) is 11.1. The quantitative estimate of drug-likeness (QED) is 0.320. The number of carboxylic acids is 1. The van der Waals surface area contributed by atoms with Crippen LogP contribution in [0.15, 0.2) is 57.7 Å². The summed E-state index contributed by atoms with van der Waals surface area (Å²) in [7, 11) is 0. The summed E-state index contributed by atoms with van der Waals surface area (Å²) >= 11 is 5.97. The molecule has 0 spiro atoms. The summed E-state index contributed by atoms with van der Waals surface area (Å²) in [5.74, 6) is -1.20. The van der Waals surface area contributed by atoms with Crippen LogP contribution in [-0.2, 0) is 0 Å². The first-order chi connectivity index (χ1) is 16.1. The zero-order valence-corrected chi connectivity index (χ0v) is 19.9. The van der Waals surface area contributed by atoms with Crippen molar-refractivity contribution in [3.8, 4) is 11.3 Å². The number of fused-ring (bicyclic) bond motifs is 1. The Bertz CT molecular complexity index is 1510. The predicted octanol–water partition coefficient (Wildman–Crippen LogP) is 7.05. The fraction of sp³-hybridized carbons (Fsp3) is 0.185. The molecule has 0 saturated carbocycles. The minimum absolute atomic E-state index is 0.0319. The van der Waals surface area contributed by atoms with Crippen molar-refractivity contribution in [2.75, 3.05) is 5.32 Å². The zero-order chi connectivity index (χ0) is 24.7. The largest absolute Gasteiger partial charge is 0.478 e. The van der Waals surface area contributed by atoms with E-state index < -0.39 is 12.0 Å². The molecule has 0 radical (unpaired) electrons. The minimum Gasteiger partial charge on any atom is -0.478 e. The maximum absolute atomic E-state index is 14.3. The first-order valence-electron chi connectivity index (χ1n) is 10.7. The van der Waals surface area contributed by atoms with Crippen molar-refractivity contribution in [1.29, 1.82) is 0 Å². The van der Waals surface area contributed by atoms with E-state index in [1.54, 1.807) is 44.2 Å². The topological polar surface area (TPSA) is 79.5 Å². The number of anilines is 1. The van der Waals surface area contributed by atoms with E-state index in [9.17, 15) is 19.1 Å². The zero-order valence-electron chi connectivity index (χ0n) is 19.1. The maximum atomic E-state index is 14.3. The fourth-order valence-electron chi connectivity index (χ4n) is 4.03. The van der Waals surface area contributed by atoms with Gasteiger partial charge in [0, 0.05) is 27.4 Å². The molecular formula is C27H23ClFNO4. The average molecular weight is 480 g/mol. The molecule has 0 amide bonds. The SMILES string of the molecule is Cc1cc(C(C)Nc2ccc(Cl)cc2C(=O)O)c2oc(-c3ccc(C)c(F)c3)c(C)c(=O)c2c1. The number of aromatic carboxylic acids is 1. The van der Waals surface area contributed by atoms with Crippen molar-refractivity contribution in [2.45, 2.75) is 33.7 Å². The molecule has 1 aromatic heterocycles. The summed E-state index contributed by atoms with van der Waals surface area (Å²) in [5.41, 5.74) is 3.46. The lowest BCUT2D eigenvalue weighted by molar-refractivity contribution is 0.0698. The van der Waals surface area contributed by atoms with E-state index in [1.165, 1.54) is 12.1 Å². The van der Waals surface area contributed by atoms with E-state index >= 15 is 0 Å². The Morgan fingerprint density at radius 1 is 1.09 bits per heavy atom. The Morgan fingerprint density at radius 2 is 1.82 bits per heavy atom. The van der Waals surface area contributed by atoms with Crippen molar-refractivity contribution < 1.29 is 18.7 Å². The second kappa shape index (κ2) is 8.95. The average Bonchev–Trinajstić information content (AvgIpc) is 2.79. The lowest BCUT2D eigenvalue weighted by Gasteiger charge is -2.20. The molecule has 2 N–H and O–H groups in total. The Balaban J connectivity index is 1.89. The van der Waals surface area contributed by atoms with Gasteiger partial charge in [-0.2, -0.15) is 0 Å². The highest BCUT2D eigenvalue weighted by atomic mass is 35.5. The highest BCUT2D eigenvalue weighted by Gasteiger charge is 2.21. The van der Waals surface area contributed by atoms with Gasteiger partial charge in [0.25, 0.3) is 0 Å². The van der Waals surface area contributed by atoms with Crippen molar-refractivity contribution in [2.24, 2.45) is 0 Å². The molecule has 0 saturated heterocycles. The van der Waals surface area contributed by atoms with Crippen LogP contribution in [0.5, 0.6) is 0 Å². The van der Waals surface area contributed by atoms with Gasteiger partial charge in [-0.3, -0.25) is 4.79 Å². The van der Waals surface area contributed by atoms with E-state index in [4.69, 9.17) is 16.0 Å². The highest BCUT2D eigenvalue weighted by molar-refractivity contribution is 6.31. The molecule has 0 bridgehead atoms. The summed E-state index contributed by atoms with van der Waals surface area (Å²) in [5, 5.41) is 13.5. The van der Waals surface area contributed by atoms with Crippen LogP contribution in [0.3, 0.4) is 0 Å². The van der Waals surface area contributed by atoms with Crippen LogP contribution in [0.1, 0.15) is 45.6 Å². The molecule has 4 rings (SSSR count). The molecular weight excluding hydrogens is 457 g/mol. The normalized spacial score (nSPS) is 12.1. The van der Waals surface area contributed by atoms with Crippen LogP contribution in [-0.4, -0.2) is 11.1 Å². The van der Waals surface area contributed by atoms with Crippen LogP contribution in [0.4, 0.5) is 10.1 Å². The molecule has 1 unspecified atom stereocenters. The van der Waals surface area contributed by atoms with Gasteiger partial charge >= 0.3 is 5.97 Å². The van der Waals surface area contributed by atoms with Crippen molar-refractivity contribution in [3.05, 3.63) is 97.4 Å². The number of hydrogen-bond acceptors (Lipinski definition) is 4. The first kappa shape index (κ1) is 23.5. The summed E-state index contributed by atoms with van der Waals surface area (Å²) in [6.45, 7) is 7.05. The molecule has 0 aliphatic rings. The molecule has 4 aromatic rings. The minimum atomic E-state index is -1.11. The van der Waals surface area contributed by atoms with E-state index in [0.717, 1.165) is 5.56 Å². The second-order valence-electron chi connectivity index (χ2n) is 8.44. The van der Waals surface area contributed by atoms with Gasteiger partial charge in [-0.15, -0.1) is 0 Å². The smallest absolute Gasteiger partial charge is 0.337 e. The molecule has 7 heteroatoms. The highest BCUT2D eigenvalue weighted by Crippen LogP contribution is 2.33. The molecule has 0 aliphatic heterocycles. The van der Waals surface area contributed by atoms with Crippen molar-refractivity contribution in [1.82, 2.24) is 0 Å². The maximum Gasteiger partial charge on any atom is 0.337 e. The van der Waals surface area contributed by atoms with Crippen LogP contribution >= 0.6 is 11.6 Å². The van der Waals surface area contributed by atoms with E-state index in [2.05, 4.69) is 5.32 Å². The van der Waals surface area contributed by atoms with Gasteiger partial charge in [0.15, 0.2) is 5.43 Å². The van der Waals surface area contributed by atoms with Gasteiger partial charge < -0.3 is 14.8 Å². The molecule has 174 valence electrons. The van der Waals surface area contributed by atoms with Crippen LogP contribution in [0.25, 0.3) is 22.3 Å². The number of carboxylic acid groups (broad SMARTS) is 1. The van der Waals surface area contributed by atoms with Gasteiger partial charge in [0.05, 0.1) is 17.0 Å². The Labute approximate surface area is 200 Å². The molecule has 1 heterocycles. The third kappa shape index (κ3) is 4.29. The number of hydrogen-bond donors (Lipinski definition) is 2. The predicted molar refractivity (Wildman–Crippen MR) is 133 cm³/mol. The van der Waals surface area contributed by atoms with Crippen LogP contribution < -0.4 is 10.7 Å². The molecule has 0 fully saturated rings. The van der Waals surface area contributed by atoms with Crippen LogP contribution in [0, 0.1) is 26.6 Å².